The van der Waals surface area contributed by atoms with Crippen molar-refractivity contribution in [2.45, 2.75) is 12.3 Å². The molecule has 12 heavy (non-hydrogen) atoms. The van der Waals surface area contributed by atoms with E-state index < -0.39 is 26.9 Å². The molecule has 3 nitrogen and oxygen atoms in total. The van der Waals surface area contributed by atoms with Crippen LogP contribution < -0.4 is 0 Å². The molecule has 0 saturated heterocycles. The summed E-state index contributed by atoms with van der Waals surface area (Å²) in [5.41, 5.74) is 0. The molecule has 0 saturated carbocycles. The van der Waals surface area contributed by atoms with E-state index in [1.165, 1.54) is 0 Å². The molecule has 0 rings (SSSR count). The van der Waals surface area contributed by atoms with Crippen molar-refractivity contribution in [2.24, 2.45) is 0 Å². The average molecular weight is 233 g/mol. The van der Waals surface area contributed by atoms with Gasteiger partial charge in [0.15, 0.2) is 8.84 Å². The minimum absolute atomic E-state index is 2.39. The summed E-state index contributed by atoms with van der Waals surface area (Å²) in [7, 11) is -1.82. The second-order valence-corrected chi connectivity index (χ2v) is 6.11. The number of hydrogen-bond donors (Lipinski definition) is 2. The van der Waals surface area contributed by atoms with Crippen molar-refractivity contribution >= 4 is 19.5 Å². The summed E-state index contributed by atoms with van der Waals surface area (Å²) >= 11 is 0. The normalized spacial score (nSPS) is 17.5. The Hall–Kier alpha value is 0.0800. The molecule has 0 aromatic rings. The second-order valence-electron chi connectivity index (χ2n) is 2.12. The Morgan fingerprint density at radius 3 is 1.83 bits per heavy atom. The van der Waals surface area contributed by atoms with Gasteiger partial charge in [0.1, 0.15) is 5.75 Å². The summed E-state index contributed by atoms with van der Waals surface area (Å²) in [5, 5.41) is 0. The van der Waals surface area contributed by atoms with Crippen molar-refractivity contribution in [3.05, 3.63) is 0 Å². The van der Waals surface area contributed by atoms with Gasteiger partial charge < -0.3 is 0 Å². The molecule has 0 heterocycles. The molecule has 76 valence electrons. The Morgan fingerprint density at radius 2 is 1.75 bits per heavy atom. The van der Waals surface area contributed by atoms with E-state index in [-0.39, 0.29) is 0 Å². The largest absolute Gasteiger partial charge is 0.322 e. The first-order valence-electron chi connectivity index (χ1n) is 2.43. The van der Waals surface area contributed by atoms with E-state index in [4.69, 9.17) is 9.11 Å². The minimum atomic E-state index is -6.09. The van der Waals surface area contributed by atoms with Crippen LogP contribution in [0.15, 0.2) is 0 Å². The van der Waals surface area contributed by atoms with E-state index in [0.717, 1.165) is 0 Å². The van der Waals surface area contributed by atoms with Crippen LogP contribution in [0.25, 0.3) is 0 Å². The summed E-state index contributed by atoms with van der Waals surface area (Å²) in [6.07, 6.45) is -4.15. The molecule has 0 aliphatic carbocycles. The first kappa shape index (κ1) is 12.1. The number of halogens is 5. The number of hydrogen-bond acceptors (Lipinski definition) is 1. The SMILES string of the molecule is O=S(O)(O)(Cl)CC(F)(F)C(F)F. The van der Waals surface area contributed by atoms with Crippen molar-refractivity contribution in [1.82, 2.24) is 0 Å². The highest BCUT2D eigenvalue weighted by Gasteiger charge is 2.49. The van der Waals surface area contributed by atoms with Crippen LogP contribution in [0.3, 0.4) is 0 Å². The third-order valence-electron chi connectivity index (χ3n) is 0.754. The molecule has 0 amide bonds. The van der Waals surface area contributed by atoms with Crippen LogP contribution in [0.4, 0.5) is 17.6 Å². The van der Waals surface area contributed by atoms with E-state index in [0.29, 0.717) is 0 Å². The smallest absolute Gasteiger partial charge is 0.297 e. The zero-order valence-corrected chi connectivity index (χ0v) is 6.96. The summed E-state index contributed by atoms with van der Waals surface area (Å²) in [5.74, 6) is -7.17. The van der Waals surface area contributed by atoms with Gasteiger partial charge in [0.2, 0.25) is 0 Å². The summed E-state index contributed by atoms with van der Waals surface area (Å²) in [6, 6.07) is 0. The van der Waals surface area contributed by atoms with Crippen molar-refractivity contribution in [3.63, 3.8) is 0 Å². The lowest BCUT2D eigenvalue weighted by Crippen LogP contribution is -2.43. The van der Waals surface area contributed by atoms with Crippen LogP contribution in [0, 0.1) is 0 Å². The van der Waals surface area contributed by atoms with E-state index in [1.807, 2.05) is 0 Å². The third kappa shape index (κ3) is 4.86. The molecule has 9 heteroatoms. The molecular formula is C3H5ClF4O3S. The van der Waals surface area contributed by atoms with Crippen molar-refractivity contribution in [3.8, 4) is 0 Å². The standard InChI is InChI=1S/C3H5ClF4O3S/c4-12(9,10,11)1-3(7,8)2(5)6/h2H,1H2,(H2,9,10,11). The molecule has 0 aliphatic rings. The zero-order chi connectivity index (χ0) is 10.2. The van der Waals surface area contributed by atoms with Gasteiger partial charge in [0, 0.05) is 10.7 Å². The molecule has 0 bridgehead atoms. The molecule has 0 aromatic heterocycles. The van der Waals surface area contributed by atoms with Gasteiger partial charge in [0.25, 0.3) is 0 Å². The van der Waals surface area contributed by atoms with E-state index in [2.05, 4.69) is 10.7 Å². The molecule has 0 aromatic carbocycles. The Labute approximate surface area is 69.3 Å². The zero-order valence-electron chi connectivity index (χ0n) is 5.39. The highest BCUT2D eigenvalue weighted by atomic mass is 35.7. The molecule has 0 fully saturated rings. The quantitative estimate of drug-likeness (QED) is 0.576. The van der Waals surface area contributed by atoms with Gasteiger partial charge in [-0.25, -0.2) is 13.0 Å². The van der Waals surface area contributed by atoms with Gasteiger partial charge in [-0.05, 0) is 0 Å². The molecule has 0 spiro atoms. The van der Waals surface area contributed by atoms with E-state index in [9.17, 15) is 21.8 Å². The summed E-state index contributed by atoms with van der Waals surface area (Å²) in [6.45, 7) is 0. The Bertz CT molecular complexity index is 225. The topological polar surface area (TPSA) is 57.5 Å². The van der Waals surface area contributed by atoms with Crippen LogP contribution in [-0.2, 0) is 8.84 Å². The fourth-order valence-corrected chi connectivity index (χ4v) is 1.60. The van der Waals surface area contributed by atoms with Crippen LogP contribution in [0.2, 0.25) is 0 Å². The first-order valence-corrected chi connectivity index (χ1v) is 5.31. The monoisotopic (exact) mass is 232 g/mol. The maximum absolute atomic E-state index is 12.0. The highest BCUT2D eigenvalue weighted by Crippen LogP contribution is 2.34. The third-order valence-corrected chi connectivity index (χ3v) is 1.95. The molecule has 0 radical (unpaired) electrons. The van der Waals surface area contributed by atoms with Crippen molar-refractivity contribution < 1.29 is 30.9 Å². The maximum Gasteiger partial charge on any atom is 0.322 e. The molecule has 0 unspecified atom stereocenters. The van der Waals surface area contributed by atoms with Crippen LogP contribution >= 0.6 is 10.7 Å². The highest BCUT2D eigenvalue weighted by molar-refractivity contribution is 8.30. The fraction of sp³-hybridized carbons (Fsp3) is 1.00. The van der Waals surface area contributed by atoms with Crippen LogP contribution in [0.1, 0.15) is 0 Å². The Kier molecular flexibility index (Phi) is 2.81. The lowest BCUT2D eigenvalue weighted by molar-refractivity contribution is -0.112. The number of rotatable bonds is 3. The van der Waals surface area contributed by atoms with Crippen LogP contribution in [-0.4, -0.2) is 31.4 Å². The van der Waals surface area contributed by atoms with Gasteiger partial charge in [-0.2, -0.15) is 8.78 Å². The number of alkyl halides is 4. The summed E-state index contributed by atoms with van der Waals surface area (Å²) in [4.78, 5) is 0. The van der Waals surface area contributed by atoms with Gasteiger partial charge in [-0.15, -0.1) is 0 Å². The van der Waals surface area contributed by atoms with Gasteiger partial charge in [-0.3, -0.25) is 9.11 Å². The predicted octanol–water partition coefficient (Wildman–Crippen LogP) is 1.81. The van der Waals surface area contributed by atoms with E-state index >= 15 is 0 Å². The Balaban J connectivity index is 4.59. The predicted molar refractivity (Wildman–Crippen MR) is 35.1 cm³/mol. The minimum Gasteiger partial charge on any atom is -0.297 e. The van der Waals surface area contributed by atoms with Gasteiger partial charge in [0.05, 0.1) is 0 Å². The lowest BCUT2D eigenvalue weighted by Gasteiger charge is -2.26. The lowest BCUT2D eigenvalue weighted by atomic mass is 10.4. The average Bonchev–Trinajstić information content (AvgIpc) is 1.53. The molecule has 0 atom stereocenters. The fourth-order valence-electron chi connectivity index (χ4n) is 0.386. The molecular weight excluding hydrogens is 228 g/mol. The van der Waals surface area contributed by atoms with E-state index in [1.54, 1.807) is 0 Å². The van der Waals surface area contributed by atoms with Crippen LogP contribution in [0.5, 0.6) is 0 Å². The summed E-state index contributed by atoms with van der Waals surface area (Å²) < 4.78 is 73.1. The van der Waals surface area contributed by atoms with Crippen molar-refractivity contribution in [2.75, 3.05) is 5.75 Å². The second kappa shape index (κ2) is 2.79. The van der Waals surface area contributed by atoms with Gasteiger partial charge in [-0.1, -0.05) is 0 Å². The first-order chi connectivity index (χ1) is 4.90. The maximum atomic E-state index is 12.0. The Morgan fingerprint density at radius 1 is 1.42 bits per heavy atom. The molecule has 2 N–H and O–H groups in total. The molecule has 0 aliphatic heterocycles. The van der Waals surface area contributed by atoms with Crippen molar-refractivity contribution in [1.29, 1.82) is 0 Å². The van der Waals surface area contributed by atoms with Gasteiger partial charge >= 0.3 is 12.3 Å².